The molecule has 0 radical (unpaired) electrons. The van der Waals surface area contributed by atoms with Gasteiger partial charge in [0.15, 0.2) is 5.96 Å². The van der Waals surface area contributed by atoms with E-state index in [9.17, 15) is 13.2 Å². The summed E-state index contributed by atoms with van der Waals surface area (Å²) in [5.74, 6) is 2.13. The average Bonchev–Trinajstić information content (AvgIpc) is 3.12. The molecule has 2 N–H and O–H groups in total. The van der Waals surface area contributed by atoms with Crippen LogP contribution in [-0.2, 0) is 6.54 Å². The first-order chi connectivity index (χ1) is 14.2. The van der Waals surface area contributed by atoms with Gasteiger partial charge < -0.3 is 20.1 Å². The van der Waals surface area contributed by atoms with Gasteiger partial charge in [0.1, 0.15) is 11.5 Å². The Labute approximate surface area is 176 Å². The highest BCUT2D eigenvalue weighted by atomic mass is 19.4. The zero-order valence-electron chi connectivity index (χ0n) is 18.1. The summed E-state index contributed by atoms with van der Waals surface area (Å²) in [5, 5.41) is 6.44. The zero-order chi connectivity index (χ0) is 22.1. The van der Waals surface area contributed by atoms with Crippen LogP contribution >= 0.6 is 0 Å². The molecule has 1 unspecified atom stereocenters. The van der Waals surface area contributed by atoms with Crippen LogP contribution in [0.5, 0.6) is 11.5 Å². The lowest BCUT2D eigenvalue weighted by Gasteiger charge is -2.21. The fourth-order valence-electron chi connectivity index (χ4n) is 3.45. The summed E-state index contributed by atoms with van der Waals surface area (Å²) in [6, 6.07) is 6.07. The number of ether oxygens (including phenoxy) is 2. The Morgan fingerprint density at radius 1 is 1.23 bits per heavy atom. The number of hydrogen-bond acceptors (Lipinski definition) is 5. The summed E-state index contributed by atoms with van der Waals surface area (Å²) in [5.41, 5.74) is 1.11. The van der Waals surface area contributed by atoms with Crippen LogP contribution in [0.2, 0.25) is 0 Å². The SMILES string of the molecule is CN=C(NCCN(C)CC(F)(F)F)NC1CCN(Cc2cc(OC)cc(OC)c2)C1. The Morgan fingerprint density at radius 2 is 1.90 bits per heavy atom. The lowest BCUT2D eigenvalue weighted by Crippen LogP contribution is -2.46. The molecule has 0 saturated carbocycles. The van der Waals surface area contributed by atoms with Gasteiger partial charge in [-0.2, -0.15) is 13.2 Å². The third-order valence-corrected chi connectivity index (χ3v) is 4.89. The summed E-state index contributed by atoms with van der Waals surface area (Å²) in [6.07, 6.45) is -3.23. The van der Waals surface area contributed by atoms with Crippen molar-refractivity contribution in [1.29, 1.82) is 0 Å². The Morgan fingerprint density at radius 3 is 2.47 bits per heavy atom. The normalized spacial score (nSPS) is 18.0. The van der Waals surface area contributed by atoms with Gasteiger partial charge in [-0.05, 0) is 31.2 Å². The molecule has 10 heteroatoms. The minimum atomic E-state index is -4.19. The average molecular weight is 432 g/mol. The molecular weight excluding hydrogens is 399 g/mol. The number of alkyl halides is 3. The number of likely N-dealkylation sites (tertiary alicyclic amines) is 1. The van der Waals surface area contributed by atoms with Crippen molar-refractivity contribution in [2.75, 3.05) is 61.0 Å². The number of nitrogens with one attached hydrogen (secondary N) is 2. The van der Waals surface area contributed by atoms with E-state index >= 15 is 0 Å². The van der Waals surface area contributed by atoms with Crippen LogP contribution in [0.15, 0.2) is 23.2 Å². The van der Waals surface area contributed by atoms with E-state index in [0.717, 1.165) is 43.1 Å². The monoisotopic (exact) mass is 431 g/mol. The minimum absolute atomic E-state index is 0.219. The molecule has 1 aliphatic rings. The number of methoxy groups -OCH3 is 2. The number of guanidine groups is 1. The first-order valence-corrected chi connectivity index (χ1v) is 9.89. The molecule has 1 aliphatic heterocycles. The van der Waals surface area contributed by atoms with Crippen molar-refractivity contribution >= 4 is 5.96 Å². The molecule has 7 nitrogen and oxygen atoms in total. The van der Waals surface area contributed by atoms with Crippen molar-refractivity contribution < 1.29 is 22.6 Å². The van der Waals surface area contributed by atoms with E-state index in [1.807, 2.05) is 18.2 Å². The topological polar surface area (TPSA) is 61.4 Å². The standard InChI is InChI=1S/C20H32F3N5O2/c1-24-19(25-6-8-27(2)14-20(21,22)23)26-16-5-7-28(13-16)12-15-9-17(29-3)11-18(10-15)30-4/h9-11,16H,5-8,12-14H2,1-4H3,(H2,24,25,26). The second kappa shape index (κ2) is 11.3. The molecule has 1 fully saturated rings. The number of benzene rings is 1. The van der Waals surface area contributed by atoms with Gasteiger partial charge in [-0.1, -0.05) is 0 Å². The van der Waals surface area contributed by atoms with Crippen LogP contribution in [0, 0.1) is 0 Å². The highest BCUT2D eigenvalue weighted by molar-refractivity contribution is 5.80. The van der Waals surface area contributed by atoms with Gasteiger partial charge in [-0.15, -0.1) is 0 Å². The fraction of sp³-hybridized carbons (Fsp3) is 0.650. The van der Waals surface area contributed by atoms with Crippen LogP contribution in [0.3, 0.4) is 0 Å². The van der Waals surface area contributed by atoms with Crippen molar-refractivity contribution in [2.24, 2.45) is 4.99 Å². The molecule has 1 saturated heterocycles. The Bertz CT molecular complexity index is 677. The lowest BCUT2D eigenvalue weighted by molar-refractivity contribution is -0.142. The van der Waals surface area contributed by atoms with Crippen molar-refractivity contribution in [1.82, 2.24) is 20.4 Å². The van der Waals surface area contributed by atoms with Gasteiger partial charge in [0, 0.05) is 51.9 Å². The first kappa shape index (κ1) is 24.1. The van der Waals surface area contributed by atoms with Crippen molar-refractivity contribution in [3.63, 3.8) is 0 Å². The van der Waals surface area contributed by atoms with E-state index in [0.29, 0.717) is 12.5 Å². The number of aliphatic imine (C=N–C) groups is 1. The van der Waals surface area contributed by atoms with E-state index in [1.54, 1.807) is 21.3 Å². The highest BCUT2D eigenvalue weighted by Crippen LogP contribution is 2.24. The van der Waals surface area contributed by atoms with Crippen molar-refractivity contribution in [2.45, 2.75) is 25.2 Å². The molecule has 30 heavy (non-hydrogen) atoms. The molecule has 1 aromatic rings. The predicted octanol–water partition coefficient (Wildman–Crippen LogP) is 1.94. The number of likely N-dealkylation sites (N-methyl/N-ethyl adjacent to an activating group) is 1. The van der Waals surface area contributed by atoms with E-state index in [1.165, 1.54) is 11.9 Å². The number of hydrogen-bond donors (Lipinski definition) is 2. The zero-order valence-corrected chi connectivity index (χ0v) is 18.1. The summed E-state index contributed by atoms with van der Waals surface area (Å²) in [6.45, 7) is 2.28. The van der Waals surface area contributed by atoms with Gasteiger partial charge in [-0.3, -0.25) is 14.8 Å². The summed E-state index contributed by atoms with van der Waals surface area (Å²) in [7, 11) is 6.37. The molecule has 1 atom stereocenters. The largest absolute Gasteiger partial charge is 0.497 e. The maximum atomic E-state index is 12.4. The highest BCUT2D eigenvalue weighted by Gasteiger charge is 2.29. The number of halogens is 3. The molecular formula is C20H32F3N5O2. The van der Waals surface area contributed by atoms with Gasteiger partial charge in [0.25, 0.3) is 0 Å². The Kier molecular flexibility index (Phi) is 9.04. The molecule has 0 spiro atoms. The number of nitrogens with zero attached hydrogens (tertiary/aromatic N) is 3. The number of rotatable bonds is 9. The van der Waals surface area contributed by atoms with Crippen molar-refractivity contribution in [3.05, 3.63) is 23.8 Å². The summed E-state index contributed by atoms with van der Waals surface area (Å²) in [4.78, 5) is 7.75. The Hall–Kier alpha value is -2.20. The van der Waals surface area contributed by atoms with E-state index in [4.69, 9.17) is 9.47 Å². The van der Waals surface area contributed by atoms with Gasteiger partial charge in [0.2, 0.25) is 0 Å². The van der Waals surface area contributed by atoms with Crippen LogP contribution in [-0.4, -0.2) is 89.0 Å². The second-order valence-electron chi connectivity index (χ2n) is 7.44. The first-order valence-electron chi connectivity index (χ1n) is 9.89. The minimum Gasteiger partial charge on any atom is -0.497 e. The predicted molar refractivity (Wildman–Crippen MR) is 111 cm³/mol. The van der Waals surface area contributed by atoms with Crippen LogP contribution < -0.4 is 20.1 Å². The van der Waals surface area contributed by atoms with E-state index in [2.05, 4.69) is 20.5 Å². The molecule has 1 heterocycles. The molecule has 1 aromatic carbocycles. The fourth-order valence-corrected chi connectivity index (χ4v) is 3.45. The maximum absolute atomic E-state index is 12.4. The molecule has 2 rings (SSSR count). The molecule has 0 aromatic heterocycles. The maximum Gasteiger partial charge on any atom is 0.401 e. The lowest BCUT2D eigenvalue weighted by atomic mass is 10.2. The Balaban J connectivity index is 1.78. The quantitative estimate of drug-likeness (QED) is 0.460. The van der Waals surface area contributed by atoms with Gasteiger partial charge in [-0.25, -0.2) is 0 Å². The molecule has 170 valence electrons. The van der Waals surface area contributed by atoms with Crippen LogP contribution in [0.1, 0.15) is 12.0 Å². The second-order valence-corrected chi connectivity index (χ2v) is 7.44. The molecule has 0 amide bonds. The summed E-state index contributed by atoms with van der Waals surface area (Å²) >= 11 is 0. The van der Waals surface area contributed by atoms with Gasteiger partial charge >= 0.3 is 6.18 Å². The van der Waals surface area contributed by atoms with Crippen LogP contribution in [0.25, 0.3) is 0 Å². The molecule has 0 bridgehead atoms. The van der Waals surface area contributed by atoms with E-state index in [-0.39, 0.29) is 12.6 Å². The van der Waals surface area contributed by atoms with Gasteiger partial charge in [0.05, 0.1) is 20.8 Å². The van der Waals surface area contributed by atoms with E-state index < -0.39 is 12.7 Å². The molecule has 0 aliphatic carbocycles. The third kappa shape index (κ3) is 8.27. The summed E-state index contributed by atoms with van der Waals surface area (Å²) < 4.78 is 47.8. The third-order valence-electron chi connectivity index (χ3n) is 4.89. The van der Waals surface area contributed by atoms with Crippen molar-refractivity contribution in [3.8, 4) is 11.5 Å². The smallest absolute Gasteiger partial charge is 0.401 e. The van der Waals surface area contributed by atoms with Crippen LogP contribution in [0.4, 0.5) is 13.2 Å².